The average molecular weight is 265 g/mol. The van der Waals surface area contributed by atoms with E-state index in [9.17, 15) is 4.79 Å². The molecule has 1 aliphatic carbocycles. The van der Waals surface area contributed by atoms with E-state index in [1.54, 1.807) is 6.07 Å². The first-order chi connectivity index (χ1) is 9.10. The zero-order chi connectivity index (χ0) is 13.8. The zero-order valence-electron chi connectivity index (χ0n) is 11.7. The molecule has 0 aliphatic heterocycles. The van der Waals surface area contributed by atoms with E-state index in [1.165, 1.54) is 25.7 Å². The number of amides is 1. The second kappa shape index (κ2) is 6.21. The molecule has 5 heteroatoms. The maximum atomic E-state index is 11.3. The summed E-state index contributed by atoms with van der Waals surface area (Å²) in [6, 6.07) is 4.11. The first-order valence-electron chi connectivity index (χ1n) is 6.90. The molecule has 1 fully saturated rings. The number of furan rings is 1. The Morgan fingerprint density at radius 2 is 2.32 bits per heavy atom. The molecule has 1 aromatic heterocycles. The number of rotatable bonds is 4. The van der Waals surface area contributed by atoms with Gasteiger partial charge in [0.25, 0.3) is 0 Å². The van der Waals surface area contributed by atoms with Gasteiger partial charge in [0.15, 0.2) is 5.76 Å². The molecular formula is C14H23N3O2. The molecule has 3 N–H and O–H groups in total. The number of nitrogens with two attached hydrogens (primary N) is 1. The molecule has 0 spiro atoms. The molecule has 1 aromatic rings. The minimum atomic E-state index is -0.389. The predicted molar refractivity (Wildman–Crippen MR) is 73.2 cm³/mol. The van der Waals surface area contributed by atoms with Crippen LogP contribution in [0.5, 0.6) is 0 Å². The lowest BCUT2D eigenvalue weighted by Crippen LogP contribution is -2.35. The quantitative estimate of drug-likeness (QED) is 0.495. The van der Waals surface area contributed by atoms with Crippen molar-refractivity contribution in [1.82, 2.24) is 10.3 Å². The summed E-state index contributed by atoms with van der Waals surface area (Å²) in [5.74, 6) is 6.56. The normalized spacial score (nSPS) is 23.6. The highest BCUT2D eigenvalue weighted by Crippen LogP contribution is 2.27. The number of nitrogen functional groups attached to an aromatic ring is 1. The molecule has 1 heterocycles. The lowest BCUT2D eigenvalue weighted by Gasteiger charge is -2.33. The van der Waals surface area contributed by atoms with Crippen molar-refractivity contribution in [2.45, 2.75) is 45.2 Å². The molecule has 0 bridgehead atoms. The van der Waals surface area contributed by atoms with Gasteiger partial charge < -0.3 is 4.42 Å². The van der Waals surface area contributed by atoms with Crippen molar-refractivity contribution in [3.05, 3.63) is 23.7 Å². The third-order valence-corrected chi connectivity index (χ3v) is 3.95. The van der Waals surface area contributed by atoms with Crippen LogP contribution in [0.2, 0.25) is 0 Å². The second-order valence-electron chi connectivity index (χ2n) is 5.58. The Morgan fingerprint density at radius 1 is 1.53 bits per heavy atom. The van der Waals surface area contributed by atoms with E-state index in [1.807, 2.05) is 6.07 Å². The molecule has 1 aliphatic rings. The molecule has 5 nitrogen and oxygen atoms in total. The van der Waals surface area contributed by atoms with Crippen molar-refractivity contribution >= 4 is 5.91 Å². The van der Waals surface area contributed by atoms with Gasteiger partial charge in [-0.1, -0.05) is 19.8 Å². The number of hydrogen-bond acceptors (Lipinski definition) is 4. The van der Waals surface area contributed by atoms with Gasteiger partial charge in [0, 0.05) is 6.04 Å². The van der Waals surface area contributed by atoms with Gasteiger partial charge in [0.05, 0.1) is 6.54 Å². The Kier molecular flexibility index (Phi) is 4.61. The monoisotopic (exact) mass is 265 g/mol. The van der Waals surface area contributed by atoms with Gasteiger partial charge in [-0.2, -0.15) is 0 Å². The summed E-state index contributed by atoms with van der Waals surface area (Å²) in [4.78, 5) is 13.6. The van der Waals surface area contributed by atoms with Crippen LogP contribution in [-0.4, -0.2) is 23.9 Å². The van der Waals surface area contributed by atoms with Crippen molar-refractivity contribution < 1.29 is 9.21 Å². The molecule has 2 rings (SSSR count). The first kappa shape index (κ1) is 14.1. The standard InChI is InChI=1S/C14H23N3O2/c1-10-4-3-5-11(8-10)17(2)9-12-6-7-13(19-12)14(18)16-15/h6-7,10-11H,3-5,8-9,15H2,1-2H3,(H,16,18). The molecule has 2 unspecified atom stereocenters. The molecule has 2 atom stereocenters. The number of carbonyl (C=O) groups excluding carboxylic acids is 1. The van der Waals surface area contributed by atoms with E-state index in [-0.39, 0.29) is 11.7 Å². The van der Waals surface area contributed by atoms with Crippen LogP contribution in [0.1, 0.15) is 48.9 Å². The zero-order valence-corrected chi connectivity index (χ0v) is 11.7. The smallest absolute Gasteiger partial charge is 0.300 e. The van der Waals surface area contributed by atoms with Crippen molar-refractivity contribution in [2.75, 3.05) is 7.05 Å². The number of nitrogens with zero attached hydrogens (tertiary/aromatic N) is 1. The summed E-state index contributed by atoms with van der Waals surface area (Å²) < 4.78 is 5.49. The maximum Gasteiger partial charge on any atom is 0.300 e. The van der Waals surface area contributed by atoms with Crippen molar-refractivity contribution in [3.63, 3.8) is 0 Å². The fourth-order valence-electron chi connectivity index (χ4n) is 2.83. The van der Waals surface area contributed by atoms with Crippen LogP contribution < -0.4 is 11.3 Å². The van der Waals surface area contributed by atoms with E-state index in [0.29, 0.717) is 6.04 Å². The van der Waals surface area contributed by atoms with Gasteiger partial charge in [-0.25, -0.2) is 5.84 Å². The van der Waals surface area contributed by atoms with Crippen LogP contribution in [0, 0.1) is 5.92 Å². The molecule has 0 saturated heterocycles. The lowest BCUT2D eigenvalue weighted by atomic mass is 9.86. The minimum Gasteiger partial charge on any atom is -0.455 e. The van der Waals surface area contributed by atoms with Gasteiger partial charge in [0.1, 0.15) is 5.76 Å². The minimum absolute atomic E-state index is 0.267. The van der Waals surface area contributed by atoms with E-state index in [4.69, 9.17) is 10.3 Å². The Balaban J connectivity index is 1.93. The van der Waals surface area contributed by atoms with Crippen LogP contribution in [0.15, 0.2) is 16.5 Å². The van der Waals surface area contributed by atoms with Crippen LogP contribution in [0.3, 0.4) is 0 Å². The number of hydrazine groups is 1. The van der Waals surface area contributed by atoms with Crippen LogP contribution in [0.25, 0.3) is 0 Å². The third kappa shape index (κ3) is 3.58. The molecule has 0 aromatic carbocycles. The van der Waals surface area contributed by atoms with Crippen molar-refractivity contribution in [3.8, 4) is 0 Å². The van der Waals surface area contributed by atoms with Gasteiger partial charge in [-0.15, -0.1) is 0 Å². The molecule has 0 radical (unpaired) electrons. The van der Waals surface area contributed by atoms with Gasteiger partial charge >= 0.3 is 5.91 Å². The van der Waals surface area contributed by atoms with E-state index < -0.39 is 0 Å². The summed E-state index contributed by atoms with van der Waals surface area (Å²) in [5, 5.41) is 0. The van der Waals surface area contributed by atoms with Crippen molar-refractivity contribution in [1.29, 1.82) is 0 Å². The fourth-order valence-corrected chi connectivity index (χ4v) is 2.83. The molecule has 1 amide bonds. The van der Waals surface area contributed by atoms with E-state index in [2.05, 4.69) is 24.3 Å². The summed E-state index contributed by atoms with van der Waals surface area (Å²) in [5.41, 5.74) is 2.07. The second-order valence-corrected chi connectivity index (χ2v) is 5.58. The van der Waals surface area contributed by atoms with Crippen molar-refractivity contribution in [2.24, 2.45) is 11.8 Å². The Morgan fingerprint density at radius 3 is 3.00 bits per heavy atom. The number of nitrogens with one attached hydrogen (secondary N) is 1. The van der Waals surface area contributed by atoms with Crippen LogP contribution >= 0.6 is 0 Å². The van der Waals surface area contributed by atoms with Gasteiger partial charge in [-0.05, 0) is 37.9 Å². The molecule has 106 valence electrons. The van der Waals surface area contributed by atoms with E-state index >= 15 is 0 Å². The van der Waals surface area contributed by atoms with Gasteiger partial charge in [0.2, 0.25) is 0 Å². The fraction of sp³-hybridized carbons (Fsp3) is 0.643. The molecule has 1 saturated carbocycles. The van der Waals surface area contributed by atoms with Gasteiger partial charge in [-0.3, -0.25) is 15.1 Å². The highest BCUT2D eigenvalue weighted by molar-refractivity contribution is 5.90. The summed E-state index contributed by atoms with van der Waals surface area (Å²) >= 11 is 0. The van der Waals surface area contributed by atoms with Crippen LogP contribution in [0.4, 0.5) is 0 Å². The third-order valence-electron chi connectivity index (χ3n) is 3.95. The highest BCUT2D eigenvalue weighted by atomic mass is 16.4. The SMILES string of the molecule is CC1CCCC(N(C)Cc2ccc(C(=O)NN)o2)C1. The topological polar surface area (TPSA) is 71.5 Å². The summed E-state index contributed by atoms with van der Waals surface area (Å²) in [7, 11) is 2.12. The number of hydrogen-bond donors (Lipinski definition) is 2. The summed E-state index contributed by atoms with van der Waals surface area (Å²) in [6.07, 6.45) is 5.13. The Hall–Kier alpha value is -1.33. The Labute approximate surface area is 114 Å². The highest BCUT2D eigenvalue weighted by Gasteiger charge is 2.23. The lowest BCUT2D eigenvalue weighted by molar-refractivity contribution is 0.0919. The molecular weight excluding hydrogens is 242 g/mol. The largest absolute Gasteiger partial charge is 0.455 e. The summed E-state index contributed by atoms with van der Waals surface area (Å²) in [6.45, 7) is 3.05. The van der Waals surface area contributed by atoms with E-state index in [0.717, 1.165) is 18.2 Å². The van der Waals surface area contributed by atoms with Crippen LogP contribution in [-0.2, 0) is 6.54 Å². The number of carbonyl (C=O) groups is 1. The molecule has 19 heavy (non-hydrogen) atoms. The average Bonchev–Trinajstić information content (AvgIpc) is 2.86. The maximum absolute atomic E-state index is 11.3. The first-order valence-corrected chi connectivity index (χ1v) is 6.90. The predicted octanol–water partition coefficient (Wildman–Crippen LogP) is 1.89. The Bertz CT molecular complexity index is 430.